The molecule has 112 valence electrons. The largest absolute Gasteiger partial charge is 0.326 e. The molecule has 2 heterocycles. The quantitative estimate of drug-likeness (QED) is 0.892. The number of aromatic nitrogens is 1. The van der Waals surface area contributed by atoms with Gasteiger partial charge in [-0.15, -0.1) is 0 Å². The second-order valence-corrected chi connectivity index (χ2v) is 5.89. The van der Waals surface area contributed by atoms with Crippen LogP contribution in [-0.4, -0.2) is 53.0 Å². The lowest BCUT2D eigenvalue weighted by atomic mass is 10.0. The predicted molar refractivity (Wildman–Crippen MR) is 83.5 cm³/mol. The van der Waals surface area contributed by atoms with Crippen molar-refractivity contribution in [2.45, 2.75) is 45.3 Å². The molecule has 20 heavy (non-hydrogen) atoms. The Morgan fingerprint density at radius 1 is 1.15 bits per heavy atom. The number of rotatable bonds is 5. The molecule has 0 aliphatic carbocycles. The average molecular weight is 276 g/mol. The van der Waals surface area contributed by atoms with Gasteiger partial charge in [-0.25, -0.2) is 0 Å². The third-order valence-electron chi connectivity index (χ3n) is 4.45. The second kappa shape index (κ2) is 7.16. The zero-order valence-corrected chi connectivity index (χ0v) is 13.0. The second-order valence-electron chi connectivity index (χ2n) is 5.89. The summed E-state index contributed by atoms with van der Waals surface area (Å²) in [5, 5.41) is 0. The Hall–Kier alpha value is -0.970. The van der Waals surface area contributed by atoms with E-state index in [2.05, 4.69) is 41.6 Å². The highest BCUT2D eigenvalue weighted by Crippen LogP contribution is 2.23. The van der Waals surface area contributed by atoms with Gasteiger partial charge >= 0.3 is 0 Å². The monoisotopic (exact) mass is 276 g/mol. The fourth-order valence-electron chi connectivity index (χ4n) is 3.05. The van der Waals surface area contributed by atoms with Gasteiger partial charge in [-0.1, -0.05) is 13.0 Å². The van der Waals surface area contributed by atoms with Crippen LogP contribution in [0.4, 0.5) is 0 Å². The highest BCUT2D eigenvalue weighted by Gasteiger charge is 2.29. The van der Waals surface area contributed by atoms with Crippen LogP contribution in [0, 0.1) is 0 Å². The predicted octanol–water partition coefficient (Wildman–Crippen LogP) is 1.89. The van der Waals surface area contributed by atoms with Crippen molar-refractivity contribution in [3.63, 3.8) is 0 Å². The lowest BCUT2D eigenvalue weighted by molar-refractivity contribution is 0.0639. The summed E-state index contributed by atoms with van der Waals surface area (Å²) in [6.45, 7) is 11.1. The lowest BCUT2D eigenvalue weighted by Gasteiger charge is -2.42. The maximum Gasteiger partial charge on any atom is 0.0671 e. The fraction of sp³-hybridized carbons (Fsp3) is 0.688. The highest BCUT2D eigenvalue weighted by atomic mass is 15.3. The van der Waals surface area contributed by atoms with E-state index < -0.39 is 0 Å². The summed E-state index contributed by atoms with van der Waals surface area (Å²) in [5.41, 5.74) is 7.32. The molecule has 0 amide bonds. The van der Waals surface area contributed by atoms with E-state index in [9.17, 15) is 0 Å². The molecule has 1 fully saturated rings. The van der Waals surface area contributed by atoms with E-state index in [0.717, 1.165) is 31.9 Å². The van der Waals surface area contributed by atoms with Gasteiger partial charge in [0.15, 0.2) is 0 Å². The first-order valence-electron chi connectivity index (χ1n) is 7.78. The number of hydrogen-bond acceptors (Lipinski definition) is 4. The first kappa shape index (κ1) is 15.4. The minimum absolute atomic E-state index is 0.0973. The van der Waals surface area contributed by atoms with Crippen molar-refractivity contribution in [3.05, 3.63) is 30.1 Å². The molecule has 2 N–H and O–H groups in total. The highest BCUT2D eigenvalue weighted by molar-refractivity contribution is 5.11. The summed E-state index contributed by atoms with van der Waals surface area (Å²) in [6, 6.07) is 7.11. The van der Waals surface area contributed by atoms with Crippen molar-refractivity contribution < 1.29 is 0 Å². The Kier molecular flexibility index (Phi) is 5.52. The summed E-state index contributed by atoms with van der Waals surface area (Å²) in [6.07, 6.45) is 3.08. The molecular weight excluding hydrogens is 248 g/mol. The van der Waals surface area contributed by atoms with Gasteiger partial charge in [-0.05, 0) is 32.4 Å². The summed E-state index contributed by atoms with van der Waals surface area (Å²) < 4.78 is 0. The zero-order valence-electron chi connectivity index (χ0n) is 13.0. The average Bonchev–Trinajstić information content (AvgIpc) is 2.48. The molecule has 0 spiro atoms. The molecule has 0 bridgehead atoms. The summed E-state index contributed by atoms with van der Waals surface area (Å²) in [7, 11) is 0. The molecule has 3 atom stereocenters. The normalized spacial score (nSPS) is 22.4. The molecule has 1 aliphatic rings. The minimum Gasteiger partial charge on any atom is -0.326 e. The lowest BCUT2D eigenvalue weighted by Crippen LogP contribution is -2.53. The van der Waals surface area contributed by atoms with E-state index in [1.54, 1.807) is 0 Å². The summed E-state index contributed by atoms with van der Waals surface area (Å²) in [4.78, 5) is 9.58. The molecule has 4 nitrogen and oxygen atoms in total. The Balaban J connectivity index is 2.03. The molecule has 0 radical (unpaired) electrons. The van der Waals surface area contributed by atoms with Crippen LogP contribution in [0.5, 0.6) is 0 Å². The molecular formula is C16H28N4. The zero-order chi connectivity index (χ0) is 14.5. The van der Waals surface area contributed by atoms with Gasteiger partial charge in [0.2, 0.25) is 0 Å². The molecule has 1 saturated heterocycles. The SMILES string of the molecule is CCC(C)N1CCN(C(c2ccccn2)C(C)N)CC1. The molecule has 1 aromatic heterocycles. The first-order valence-corrected chi connectivity index (χ1v) is 7.78. The van der Waals surface area contributed by atoms with E-state index in [4.69, 9.17) is 5.73 Å². The van der Waals surface area contributed by atoms with E-state index in [1.807, 2.05) is 18.3 Å². The van der Waals surface area contributed by atoms with Crippen LogP contribution in [0.1, 0.15) is 38.9 Å². The van der Waals surface area contributed by atoms with Crippen molar-refractivity contribution in [2.75, 3.05) is 26.2 Å². The fourth-order valence-corrected chi connectivity index (χ4v) is 3.05. The third-order valence-corrected chi connectivity index (χ3v) is 4.45. The van der Waals surface area contributed by atoms with Crippen LogP contribution in [0.15, 0.2) is 24.4 Å². The van der Waals surface area contributed by atoms with Crippen molar-refractivity contribution >= 4 is 0 Å². The molecule has 3 unspecified atom stereocenters. The molecule has 1 aliphatic heterocycles. The number of hydrogen-bond donors (Lipinski definition) is 1. The van der Waals surface area contributed by atoms with Gasteiger partial charge in [-0.2, -0.15) is 0 Å². The minimum atomic E-state index is 0.0973. The number of pyridine rings is 1. The third kappa shape index (κ3) is 3.57. The van der Waals surface area contributed by atoms with Crippen LogP contribution in [-0.2, 0) is 0 Å². The Morgan fingerprint density at radius 3 is 2.30 bits per heavy atom. The summed E-state index contributed by atoms with van der Waals surface area (Å²) >= 11 is 0. The topological polar surface area (TPSA) is 45.4 Å². The Bertz CT molecular complexity index is 385. The van der Waals surface area contributed by atoms with Crippen LogP contribution in [0.2, 0.25) is 0 Å². The van der Waals surface area contributed by atoms with Crippen LogP contribution in [0.25, 0.3) is 0 Å². The number of nitrogens with zero attached hydrogens (tertiary/aromatic N) is 3. The maximum atomic E-state index is 6.22. The summed E-state index contributed by atoms with van der Waals surface area (Å²) in [5.74, 6) is 0. The van der Waals surface area contributed by atoms with Crippen molar-refractivity contribution in [3.8, 4) is 0 Å². The van der Waals surface area contributed by atoms with Gasteiger partial charge in [0.25, 0.3) is 0 Å². The molecule has 4 heteroatoms. The Morgan fingerprint density at radius 2 is 1.80 bits per heavy atom. The van der Waals surface area contributed by atoms with E-state index in [1.165, 1.54) is 6.42 Å². The number of piperazine rings is 1. The number of nitrogens with two attached hydrogens (primary N) is 1. The van der Waals surface area contributed by atoms with Gasteiger partial charge in [0.05, 0.1) is 11.7 Å². The standard InChI is InChI=1S/C16H28N4/c1-4-13(2)19-9-11-20(12-10-19)16(14(3)17)15-7-5-6-8-18-15/h5-8,13-14,16H,4,9-12,17H2,1-3H3. The van der Waals surface area contributed by atoms with Crippen LogP contribution >= 0.6 is 0 Å². The van der Waals surface area contributed by atoms with Gasteiger partial charge in [-0.3, -0.25) is 14.8 Å². The van der Waals surface area contributed by atoms with Gasteiger partial charge in [0, 0.05) is 44.5 Å². The first-order chi connectivity index (χ1) is 9.63. The van der Waals surface area contributed by atoms with Crippen molar-refractivity contribution in [1.82, 2.24) is 14.8 Å². The molecule has 2 rings (SSSR count). The molecule has 1 aromatic rings. The van der Waals surface area contributed by atoms with Crippen LogP contribution < -0.4 is 5.73 Å². The van der Waals surface area contributed by atoms with Crippen molar-refractivity contribution in [1.29, 1.82) is 0 Å². The van der Waals surface area contributed by atoms with Gasteiger partial charge in [0.1, 0.15) is 0 Å². The van der Waals surface area contributed by atoms with Crippen LogP contribution in [0.3, 0.4) is 0 Å². The molecule has 0 saturated carbocycles. The maximum absolute atomic E-state index is 6.22. The van der Waals surface area contributed by atoms with E-state index >= 15 is 0 Å². The van der Waals surface area contributed by atoms with E-state index in [-0.39, 0.29) is 12.1 Å². The Labute approximate surface area is 123 Å². The smallest absolute Gasteiger partial charge is 0.0671 e. The van der Waals surface area contributed by atoms with Crippen molar-refractivity contribution in [2.24, 2.45) is 5.73 Å². The van der Waals surface area contributed by atoms with Gasteiger partial charge < -0.3 is 5.73 Å². The van der Waals surface area contributed by atoms with E-state index in [0.29, 0.717) is 6.04 Å². The molecule has 0 aromatic carbocycles.